The summed E-state index contributed by atoms with van der Waals surface area (Å²) in [6.07, 6.45) is 0.759. The van der Waals surface area contributed by atoms with Crippen LogP contribution in [0.3, 0.4) is 0 Å². The summed E-state index contributed by atoms with van der Waals surface area (Å²) in [7, 11) is 0. The monoisotopic (exact) mass is 255 g/mol. The minimum Gasteiger partial charge on any atom is -0.355 e. The number of benzene rings is 2. The molecule has 0 saturated heterocycles. The Labute approximate surface area is 110 Å². The van der Waals surface area contributed by atoms with E-state index in [0.29, 0.717) is 6.54 Å². The van der Waals surface area contributed by atoms with Crippen LogP contribution < -0.4 is 5.32 Å². The molecule has 3 rings (SSSR count). The fraction of sp³-hybridized carbons (Fsp3) is 0.133. The highest BCUT2D eigenvalue weighted by Gasteiger charge is 2.01. The Morgan fingerprint density at radius 1 is 1.11 bits per heavy atom. The smallest absolute Gasteiger partial charge is 0.201 e. The standard InChI is InChI=1S/C15H14FN3/c16-12-5-3-4-11(10-12)8-9-17-15-18-13-6-1-2-7-14(13)19-15/h1-7,10H,8-9H2,(H2,17,18,19). The van der Waals surface area contributed by atoms with Crippen molar-refractivity contribution in [2.75, 3.05) is 11.9 Å². The molecule has 0 fully saturated rings. The van der Waals surface area contributed by atoms with E-state index in [1.54, 1.807) is 12.1 Å². The van der Waals surface area contributed by atoms with Crippen molar-refractivity contribution in [1.82, 2.24) is 9.97 Å². The van der Waals surface area contributed by atoms with Crippen LogP contribution in [0.2, 0.25) is 0 Å². The highest BCUT2D eigenvalue weighted by molar-refractivity contribution is 5.77. The van der Waals surface area contributed by atoms with Crippen LogP contribution in [0, 0.1) is 5.82 Å². The van der Waals surface area contributed by atoms with Gasteiger partial charge in [-0.25, -0.2) is 9.37 Å². The Morgan fingerprint density at radius 2 is 2.00 bits per heavy atom. The number of para-hydroxylation sites is 2. The number of fused-ring (bicyclic) bond motifs is 1. The molecule has 96 valence electrons. The first kappa shape index (κ1) is 11.7. The van der Waals surface area contributed by atoms with Gasteiger partial charge >= 0.3 is 0 Å². The second-order valence-electron chi connectivity index (χ2n) is 4.41. The number of imidazole rings is 1. The lowest BCUT2D eigenvalue weighted by molar-refractivity contribution is 0.625. The molecule has 0 aliphatic heterocycles. The normalized spacial score (nSPS) is 10.8. The zero-order valence-electron chi connectivity index (χ0n) is 10.4. The molecule has 1 heterocycles. The Balaban J connectivity index is 1.63. The molecule has 19 heavy (non-hydrogen) atoms. The number of nitrogens with one attached hydrogen (secondary N) is 2. The molecule has 3 aromatic rings. The second-order valence-corrected chi connectivity index (χ2v) is 4.41. The van der Waals surface area contributed by atoms with Gasteiger partial charge < -0.3 is 10.3 Å². The van der Waals surface area contributed by atoms with Crippen molar-refractivity contribution in [2.45, 2.75) is 6.42 Å². The predicted molar refractivity (Wildman–Crippen MR) is 74.7 cm³/mol. The molecule has 0 amide bonds. The van der Waals surface area contributed by atoms with E-state index in [1.807, 2.05) is 30.3 Å². The van der Waals surface area contributed by atoms with Crippen LogP contribution in [-0.2, 0) is 6.42 Å². The van der Waals surface area contributed by atoms with Gasteiger partial charge in [-0.2, -0.15) is 0 Å². The minimum absolute atomic E-state index is 0.193. The highest BCUT2D eigenvalue weighted by atomic mass is 19.1. The van der Waals surface area contributed by atoms with Gasteiger partial charge in [-0.3, -0.25) is 0 Å². The number of nitrogens with zero attached hydrogens (tertiary/aromatic N) is 1. The molecule has 0 unspecified atom stereocenters. The molecule has 0 radical (unpaired) electrons. The predicted octanol–water partition coefficient (Wildman–Crippen LogP) is 3.36. The summed E-state index contributed by atoms with van der Waals surface area (Å²) in [6.45, 7) is 0.712. The molecule has 0 bridgehead atoms. The third kappa shape index (κ3) is 2.73. The van der Waals surface area contributed by atoms with Crippen molar-refractivity contribution in [1.29, 1.82) is 0 Å². The number of H-pyrrole nitrogens is 1. The van der Waals surface area contributed by atoms with Gasteiger partial charge in [0.2, 0.25) is 5.95 Å². The number of anilines is 1. The number of hydrogen-bond donors (Lipinski definition) is 2. The molecule has 3 nitrogen and oxygen atoms in total. The summed E-state index contributed by atoms with van der Waals surface area (Å²) in [5, 5.41) is 3.21. The summed E-state index contributed by atoms with van der Waals surface area (Å²) >= 11 is 0. The fourth-order valence-electron chi connectivity index (χ4n) is 2.05. The summed E-state index contributed by atoms with van der Waals surface area (Å²) in [6, 6.07) is 14.5. The third-order valence-electron chi connectivity index (χ3n) is 2.98. The Kier molecular flexibility index (Phi) is 3.14. The van der Waals surface area contributed by atoms with Crippen LogP contribution >= 0.6 is 0 Å². The van der Waals surface area contributed by atoms with Crippen molar-refractivity contribution in [2.24, 2.45) is 0 Å². The van der Waals surface area contributed by atoms with Crippen LogP contribution in [0.25, 0.3) is 11.0 Å². The van der Waals surface area contributed by atoms with Crippen LogP contribution in [0.5, 0.6) is 0 Å². The summed E-state index contributed by atoms with van der Waals surface area (Å²) < 4.78 is 13.0. The van der Waals surface area contributed by atoms with Crippen molar-refractivity contribution >= 4 is 17.0 Å². The first-order valence-corrected chi connectivity index (χ1v) is 6.24. The molecule has 0 atom stereocenters. The molecule has 0 aliphatic carbocycles. The molecule has 0 saturated carbocycles. The van der Waals surface area contributed by atoms with Crippen LogP contribution in [-0.4, -0.2) is 16.5 Å². The molecule has 2 N–H and O–H groups in total. The molecule has 0 aliphatic rings. The lowest BCUT2D eigenvalue weighted by atomic mass is 10.1. The van der Waals surface area contributed by atoms with E-state index < -0.39 is 0 Å². The number of halogens is 1. The summed E-state index contributed by atoms with van der Waals surface area (Å²) in [5.41, 5.74) is 2.93. The topological polar surface area (TPSA) is 40.7 Å². The van der Waals surface area contributed by atoms with E-state index in [1.165, 1.54) is 6.07 Å². The van der Waals surface area contributed by atoms with Gasteiger partial charge in [0.15, 0.2) is 0 Å². The maximum absolute atomic E-state index is 13.0. The van der Waals surface area contributed by atoms with Crippen molar-refractivity contribution in [3.05, 3.63) is 59.9 Å². The van der Waals surface area contributed by atoms with Crippen LogP contribution in [0.15, 0.2) is 48.5 Å². The number of hydrogen-bond acceptors (Lipinski definition) is 2. The molecular formula is C15H14FN3. The van der Waals surface area contributed by atoms with E-state index in [-0.39, 0.29) is 5.82 Å². The fourth-order valence-corrected chi connectivity index (χ4v) is 2.05. The number of aromatic nitrogens is 2. The molecular weight excluding hydrogens is 241 g/mol. The van der Waals surface area contributed by atoms with Gasteiger partial charge in [0.1, 0.15) is 5.82 Å². The van der Waals surface area contributed by atoms with E-state index in [9.17, 15) is 4.39 Å². The van der Waals surface area contributed by atoms with Gasteiger partial charge in [0.25, 0.3) is 0 Å². The number of aromatic amines is 1. The maximum atomic E-state index is 13.0. The SMILES string of the molecule is Fc1cccc(CCNc2nc3ccccc3[nH]2)c1. The Bertz CT molecular complexity index is 657. The van der Waals surface area contributed by atoms with E-state index in [4.69, 9.17) is 0 Å². The highest BCUT2D eigenvalue weighted by Crippen LogP contribution is 2.13. The largest absolute Gasteiger partial charge is 0.355 e. The lowest BCUT2D eigenvalue weighted by Crippen LogP contribution is -2.06. The maximum Gasteiger partial charge on any atom is 0.201 e. The van der Waals surface area contributed by atoms with Crippen molar-refractivity contribution < 1.29 is 4.39 Å². The molecule has 4 heteroatoms. The summed E-state index contributed by atoms with van der Waals surface area (Å²) in [4.78, 5) is 7.62. The van der Waals surface area contributed by atoms with Crippen molar-refractivity contribution in [3.8, 4) is 0 Å². The molecule has 2 aromatic carbocycles. The van der Waals surface area contributed by atoms with Gasteiger partial charge in [0, 0.05) is 6.54 Å². The van der Waals surface area contributed by atoms with Crippen molar-refractivity contribution in [3.63, 3.8) is 0 Å². The third-order valence-corrected chi connectivity index (χ3v) is 2.98. The lowest BCUT2D eigenvalue weighted by Gasteiger charge is -2.03. The average molecular weight is 255 g/mol. The zero-order valence-corrected chi connectivity index (χ0v) is 10.4. The first-order valence-electron chi connectivity index (χ1n) is 6.24. The zero-order chi connectivity index (χ0) is 13.1. The van der Waals surface area contributed by atoms with Gasteiger partial charge in [-0.1, -0.05) is 24.3 Å². The van der Waals surface area contributed by atoms with E-state index in [2.05, 4.69) is 15.3 Å². The Morgan fingerprint density at radius 3 is 2.84 bits per heavy atom. The quantitative estimate of drug-likeness (QED) is 0.750. The minimum atomic E-state index is -0.193. The molecule has 1 aromatic heterocycles. The summed E-state index contributed by atoms with van der Waals surface area (Å²) in [5.74, 6) is 0.554. The first-order chi connectivity index (χ1) is 9.31. The van der Waals surface area contributed by atoms with E-state index in [0.717, 1.165) is 29.0 Å². The van der Waals surface area contributed by atoms with E-state index >= 15 is 0 Å². The second kappa shape index (κ2) is 5.10. The van der Waals surface area contributed by atoms with Crippen LogP contribution in [0.1, 0.15) is 5.56 Å². The van der Waals surface area contributed by atoms with Gasteiger partial charge in [-0.05, 0) is 36.2 Å². The average Bonchev–Trinajstić information content (AvgIpc) is 2.81. The number of rotatable bonds is 4. The van der Waals surface area contributed by atoms with Crippen LogP contribution in [0.4, 0.5) is 10.3 Å². The van der Waals surface area contributed by atoms with Gasteiger partial charge in [-0.15, -0.1) is 0 Å². The Hall–Kier alpha value is -2.36. The molecule has 0 spiro atoms. The van der Waals surface area contributed by atoms with Gasteiger partial charge in [0.05, 0.1) is 11.0 Å².